The maximum atomic E-state index is 12.6. The second-order valence-electron chi connectivity index (χ2n) is 7.30. The Labute approximate surface area is 177 Å². The number of halogens is 1. The van der Waals surface area contributed by atoms with Crippen molar-refractivity contribution in [3.8, 4) is 17.0 Å². The summed E-state index contributed by atoms with van der Waals surface area (Å²) < 4.78 is 10.5. The van der Waals surface area contributed by atoms with Crippen LogP contribution in [0.25, 0.3) is 22.2 Å². The van der Waals surface area contributed by atoms with Gasteiger partial charge in [-0.15, -0.1) is 0 Å². The smallest absolute Gasteiger partial charge is 0.227 e. The van der Waals surface area contributed by atoms with Crippen LogP contribution in [0.3, 0.4) is 0 Å². The van der Waals surface area contributed by atoms with Crippen LogP contribution in [0, 0.1) is 6.92 Å². The van der Waals surface area contributed by atoms with Gasteiger partial charge in [0.2, 0.25) is 5.91 Å². The number of aryl methyl sites for hydroxylation is 1. The van der Waals surface area contributed by atoms with Gasteiger partial charge in [0.15, 0.2) is 5.58 Å². The first-order valence-corrected chi connectivity index (χ1v) is 10.00. The number of carbonyl (C=O) groups excluding carboxylic acids is 1. The van der Waals surface area contributed by atoms with Gasteiger partial charge < -0.3 is 19.1 Å². The van der Waals surface area contributed by atoms with E-state index in [0.717, 1.165) is 39.4 Å². The fourth-order valence-corrected chi connectivity index (χ4v) is 4.20. The van der Waals surface area contributed by atoms with E-state index in [-0.39, 0.29) is 11.9 Å². The molecule has 8 heteroatoms. The highest BCUT2D eigenvalue weighted by Crippen LogP contribution is 2.39. The summed E-state index contributed by atoms with van der Waals surface area (Å²) in [7, 11) is 1.56. The Morgan fingerprint density at radius 1 is 1.27 bits per heavy atom. The van der Waals surface area contributed by atoms with Crippen LogP contribution in [0.15, 0.2) is 47.1 Å². The predicted molar refractivity (Wildman–Crippen MR) is 114 cm³/mol. The summed E-state index contributed by atoms with van der Waals surface area (Å²) in [4.78, 5) is 22.4. The molecule has 1 amide bonds. The summed E-state index contributed by atoms with van der Waals surface area (Å²) in [6.07, 6.45) is 2.93. The molecule has 0 unspecified atom stereocenters. The quantitative estimate of drug-likeness (QED) is 0.497. The number of ether oxygens (including phenoxy) is 1. The normalized spacial score (nSPS) is 16.6. The molecule has 1 aliphatic rings. The number of hydrogen-bond donors (Lipinski definition) is 1. The first-order valence-electron chi connectivity index (χ1n) is 9.62. The highest BCUT2D eigenvalue weighted by atomic mass is 35.5. The molecule has 3 heterocycles. The largest absolute Gasteiger partial charge is 0.495 e. The highest BCUT2D eigenvalue weighted by molar-refractivity contribution is 6.32. The number of imidazole rings is 1. The van der Waals surface area contributed by atoms with E-state index in [0.29, 0.717) is 23.6 Å². The first-order chi connectivity index (χ1) is 14.5. The molecule has 152 valence electrons. The van der Waals surface area contributed by atoms with Crippen molar-refractivity contribution in [2.75, 3.05) is 12.0 Å². The monoisotopic (exact) mass is 422 g/mol. The molecule has 1 aliphatic heterocycles. The van der Waals surface area contributed by atoms with Gasteiger partial charge in [-0.05, 0) is 49.7 Å². The zero-order chi connectivity index (χ0) is 20.8. The average molecular weight is 423 g/mol. The fraction of sp³-hybridized carbons (Fsp3) is 0.227. The Kier molecular flexibility index (Phi) is 4.47. The molecule has 0 aliphatic carbocycles. The number of rotatable bonds is 4. The van der Waals surface area contributed by atoms with Gasteiger partial charge >= 0.3 is 0 Å². The molecule has 1 saturated heterocycles. The Morgan fingerprint density at radius 3 is 2.93 bits per heavy atom. The third kappa shape index (κ3) is 3.02. The van der Waals surface area contributed by atoms with Gasteiger partial charge in [-0.2, -0.15) is 0 Å². The minimum absolute atomic E-state index is 0.0423. The number of methoxy groups -OCH3 is 1. The number of fused-ring (bicyclic) bond motifs is 1. The number of aromatic nitrogens is 3. The van der Waals surface area contributed by atoms with E-state index in [9.17, 15) is 4.79 Å². The molecule has 7 nitrogen and oxygen atoms in total. The topological polar surface area (TPSA) is 84.2 Å². The van der Waals surface area contributed by atoms with Crippen LogP contribution in [-0.2, 0) is 4.79 Å². The van der Waals surface area contributed by atoms with Crippen molar-refractivity contribution in [2.24, 2.45) is 0 Å². The van der Waals surface area contributed by atoms with Gasteiger partial charge in [0, 0.05) is 23.1 Å². The van der Waals surface area contributed by atoms with E-state index < -0.39 is 0 Å². The van der Waals surface area contributed by atoms with E-state index in [1.54, 1.807) is 30.3 Å². The number of nitrogens with zero attached hydrogens (tertiary/aromatic N) is 3. The summed E-state index contributed by atoms with van der Waals surface area (Å²) in [6.45, 7) is 1.91. The summed E-state index contributed by atoms with van der Waals surface area (Å²) >= 11 is 6.29. The van der Waals surface area contributed by atoms with Crippen molar-refractivity contribution in [1.82, 2.24) is 15.1 Å². The van der Waals surface area contributed by atoms with Gasteiger partial charge in [-0.3, -0.25) is 4.79 Å². The van der Waals surface area contributed by atoms with Gasteiger partial charge in [-0.25, -0.2) is 4.98 Å². The third-order valence-corrected chi connectivity index (χ3v) is 5.79. The minimum Gasteiger partial charge on any atom is -0.495 e. The van der Waals surface area contributed by atoms with Crippen LogP contribution in [0.2, 0.25) is 5.02 Å². The highest BCUT2D eigenvalue weighted by Gasteiger charge is 2.35. The molecule has 2 aromatic heterocycles. The SMILES string of the molecule is COc1ccc(N2C(=O)CC[C@H]2c2ncc(-c3ccc4onc(C)c4c3)[nH]2)cc1Cl. The van der Waals surface area contributed by atoms with Crippen LogP contribution in [0.4, 0.5) is 5.69 Å². The Balaban J connectivity index is 1.49. The van der Waals surface area contributed by atoms with Crippen molar-refractivity contribution in [3.63, 3.8) is 0 Å². The van der Waals surface area contributed by atoms with Gasteiger partial charge in [0.25, 0.3) is 0 Å². The number of anilines is 1. The minimum atomic E-state index is -0.184. The van der Waals surface area contributed by atoms with Crippen molar-refractivity contribution >= 4 is 34.2 Å². The molecule has 30 heavy (non-hydrogen) atoms. The van der Waals surface area contributed by atoms with Gasteiger partial charge in [-0.1, -0.05) is 16.8 Å². The maximum Gasteiger partial charge on any atom is 0.227 e. The van der Waals surface area contributed by atoms with Crippen molar-refractivity contribution in [1.29, 1.82) is 0 Å². The van der Waals surface area contributed by atoms with Crippen LogP contribution in [0.1, 0.15) is 30.4 Å². The van der Waals surface area contributed by atoms with E-state index in [1.807, 2.05) is 31.2 Å². The summed E-state index contributed by atoms with van der Waals surface area (Å²) in [5.41, 5.74) is 4.18. The lowest BCUT2D eigenvalue weighted by Crippen LogP contribution is -2.27. The zero-order valence-electron chi connectivity index (χ0n) is 16.5. The fourth-order valence-electron chi connectivity index (χ4n) is 3.95. The second kappa shape index (κ2) is 7.18. The average Bonchev–Trinajstić information content (AvgIpc) is 3.46. The van der Waals surface area contributed by atoms with E-state index in [4.69, 9.17) is 20.9 Å². The molecule has 1 atom stereocenters. The van der Waals surface area contributed by atoms with Crippen molar-refractivity contribution in [3.05, 3.63) is 59.1 Å². The molecule has 0 spiro atoms. The lowest BCUT2D eigenvalue weighted by Gasteiger charge is -2.24. The second-order valence-corrected chi connectivity index (χ2v) is 7.71. The Hall–Kier alpha value is -3.32. The third-order valence-electron chi connectivity index (χ3n) is 5.50. The number of H-pyrrole nitrogens is 1. The molecule has 5 rings (SSSR count). The van der Waals surface area contributed by atoms with Crippen LogP contribution >= 0.6 is 11.6 Å². The maximum absolute atomic E-state index is 12.6. The van der Waals surface area contributed by atoms with Crippen molar-refractivity contribution < 1.29 is 14.1 Å². The van der Waals surface area contributed by atoms with Crippen LogP contribution < -0.4 is 9.64 Å². The first kappa shape index (κ1) is 18.7. The number of aromatic amines is 1. The van der Waals surface area contributed by atoms with Gasteiger partial charge in [0.05, 0.1) is 35.8 Å². The molecule has 1 N–H and O–H groups in total. The van der Waals surface area contributed by atoms with E-state index >= 15 is 0 Å². The number of carbonyl (C=O) groups is 1. The van der Waals surface area contributed by atoms with E-state index in [2.05, 4.69) is 15.1 Å². The standard InChI is InChI=1S/C22H19ClN4O3/c1-12-15-9-13(3-6-19(15)30-26-12)17-11-24-22(25-17)18-5-8-21(28)27(18)14-4-7-20(29-2)16(23)10-14/h3-4,6-7,9-11,18H,5,8H2,1-2H3,(H,24,25)/t18-/m0/s1. The summed E-state index contributed by atoms with van der Waals surface area (Å²) in [5, 5.41) is 5.44. The lowest BCUT2D eigenvalue weighted by atomic mass is 10.1. The van der Waals surface area contributed by atoms with Gasteiger partial charge in [0.1, 0.15) is 11.6 Å². The number of nitrogens with one attached hydrogen (secondary N) is 1. The van der Waals surface area contributed by atoms with E-state index in [1.165, 1.54) is 0 Å². The summed E-state index contributed by atoms with van der Waals surface area (Å²) in [5.74, 6) is 1.36. The number of benzene rings is 2. The molecule has 1 fully saturated rings. The number of amides is 1. The molecule has 0 bridgehead atoms. The van der Waals surface area contributed by atoms with Crippen LogP contribution in [0.5, 0.6) is 5.75 Å². The van der Waals surface area contributed by atoms with Crippen LogP contribution in [-0.4, -0.2) is 28.1 Å². The molecular weight excluding hydrogens is 404 g/mol. The lowest BCUT2D eigenvalue weighted by molar-refractivity contribution is -0.117. The Bertz CT molecular complexity index is 1260. The molecular formula is C22H19ClN4O3. The van der Waals surface area contributed by atoms with Crippen molar-refractivity contribution in [2.45, 2.75) is 25.8 Å². The Morgan fingerprint density at radius 2 is 2.13 bits per heavy atom. The molecule has 0 radical (unpaired) electrons. The summed E-state index contributed by atoms with van der Waals surface area (Å²) in [6, 6.07) is 11.1. The molecule has 0 saturated carbocycles. The predicted octanol–water partition coefficient (Wildman–Crippen LogP) is 5.06. The molecule has 4 aromatic rings. The molecule has 2 aromatic carbocycles. The zero-order valence-corrected chi connectivity index (χ0v) is 17.2. The number of hydrogen-bond acceptors (Lipinski definition) is 5.